The van der Waals surface area contributed by atoms with E-state index in [-0.39, 0.29) is 42.3 Å². The Morgan fingerprint density at radius 1 is 0.923 bits per heavy atom. The maximum Gasteiger partial charge on any atom is 0.420 e. The van der Waals surface area contributed by atoms with Crippen LogP contribution in [0, 0.1) is 12.8 Å². The first kappa shape index (κ1) is 18.8. The lowest BCUT2D eigenvalue weighted by Crippen LogP contribution is -2.32. The maximum atomic E-state index is 13.6. The number of halogens is 6. The fourth-order valence-electron chi connectivity index (χ4n) is 3.36. The Morgan fingerprint density at radius 2 is 1.58 bits per heavy atom. The minimum absolute atomic E-state index is 0.0751. The number of pyridine rings is 1. The minimum Gasteiger partial charge on any atom is -0.490 e. The summed E-state index contributed by atoms with van der Waals surface area (Å²) in [4.78, 5) is 4.09. The molecule has 0 saturated heterocycles. The fraction of sp³-hybridized carbons (Fsp3) is 0.500. The third-order valence-electron chi connectivity index (χ3n) is 4.69. The van der Waals surface area contributed by atoms with E-state index in [0.29, 0.717) is 5.69 Å². The monoisotopic (exact) mass is 377 g/mol. The smallest absolute Gasteiger partial charge is 0.420 e. The molecule has 142 valence electrons. The number of aryl methyl sites for hydroxylation is 1. The van der Waals surface area contributed by atoms with Crippen LogP contribution >= 0.6 is 0 Å². The predicted octanol–water partition coefficient (Wildman–Crippen LogP) is 6.06. The highest BCUT2D eigenvalue weighted by Gasteiger charge is 2.42. The topological polar surface area (TPSA) is 22.1 Å². The van der Waals surface area contributed by atoms with Crippen molar-refractivity contribution < 1.29 is 31.1 Å². The molecule has 0 unspecified atom stereocenters. The zero-order chi connectivity index (χ0) is 19.1. The first-order chi connectivity index (χ1) is 12.1. The lowest BCUT2D eigenvalue weighted by atomic mass is 9.87. The van der Waals surface area contributed by atoms with Gasteiger partial charge in [-0.2, -0.15) is 26.3 Å². The van der Waals surface area contributed by atoms with Gasteiger partial charge in [-0.3, -0.25) is 4.98 Å². The van der Waals surface area contributed by atoms with Gasteiger partial charge in [0.2, 0.25) is 0 Å². The van der Waals surface area contributed by atoms with Crippen LogP contribution in [0.15, 0.2) is 24.3 Å². The molecule has 1 aliphatic carbocycles. The van der Waals surface area contributed by atoms with Crippen molar-refractivity contribution in [3.05, 3.63) is 35.5 Å². The molecule has 26 heavy (non-hydrogen) atoms. The molecular formula is C18H17F6NO. The van der Waals surface area contributed by atoms with Gasteiger partial charge >= 0.3 is 12.4 Å². The van der Waals surface area contributed by atoms with E-state index in [1.54, 1.807) is 6.92 Å². The molecule has 1 aromatic carbocycles. The summed E-state index contributed by atoms with van der Waals surface area (Å²) in [5.41, 5.74) is -0.143. The van der Waals surface area contributed by atoms with Crippen LogP contribution in [-0.2, 0) is 6.18 Å². The highest BCUT2D eigenvalue weighted by atomic mass is 19.4. The second-order valence-corrected chi connectivity index (χ2v) is 6.59. The summed E-state index contributed by atoms with van der Waals surface area (Å²) in [6.07, 6.45) is -9.71. The average molecular weight is 377 g/mol. The summed E-state index contributed by atoms with van der Waals surface area (Å²) in [6.45, 7) is 1.68. The van der Waals surface area contributed by atoms with Crippen LogP contribution in [0.2, 0.25) is 0 Å². The molecule has 8 heteroatoms. The SMILES string of the molecule is Cc1ccc2c(C(F)(F)F)c(O[C@H]3CC[C@@H](C(F)(F)F)CC3)ccc2n1. The Hall–Kier alpha value is -1.99. The number of aromatic nitrogens is 1. The van der Waals surface area contributed by atoms with Crippen molar-refractivity contribution in [1.82, 2.24) is 4.98 Å². The van der Waals surface area contributed by atoms with Crippen LogP contribution < -0.4 is 4.74 Å². The molecule has 0 atom stereocenters. The van der Waals surface area contributed by atoms with Crippen molar-refractivity contribution in [3.8, 4) is 5.75 Å². The summed E-state index contributed by atoms with van der Waals surface area (Å²) >= 11 is 0. The van der Waals surface area contributed by atoms with Crippen LogP contribution in [0.4, 0.5) is 26.3 Å². The number of nitrogens with zero attached hydrogens (tertiary/aromatic N) is 1. The Bertz CT molecular complexity index is 791. The quantitative estimate of drug-likeness (QED) is 0.594. The van der Waals surface area contributed by atoms with Gasteiger partial charge in [-0.25, -0.2) is 0 Å². The second kappa shape index (κ2) is 6.63. The molecule has 1 saturated carbocycles. The summed E-state index contributed by atoms with van der Waals surface area (Å²) < 4.78 is 84.5. The van der Waals surface area contributed by atoms with Crippen molar-refractivity contribution >= 4 is 10.9 Å². The van der Waals surface area contributed by atoms with E-state index in [2.05, 4.69) is 4.98 Å². The molecule has 0 bridgehead atoms. The van der Waals surface area contributed by atoms with E-state index in [1.165, 1.54) is 24.3 Å². The molecule has 3 rings (SSSR count). The van der Waals surface area contributed by atoms with Gasteiger partial charge in [-0.05, 0) is 50.8 Å². The molecule has 0 N–H and O–H groups in total. The van der Waals surface area contributed by atoms with Gasteiger partial charge in [-0.1, -0.05) is 6.07 Å². The van der Waals surface area contributed by atoms with Crippen LogP contribution in [-0.4, -0.2) is 17.3 Å². The largest absolute Gasteiger partial charge is 0.490 e. The zero-order valence-electron chi connectivity index (χ0n) is 13.9. The van der Waals surface area contributed by atoms with E-state index in [9.17, 15) is 26.3 Å². The van der Waals surface area contributed by atoms with E-state index in [4.69, 9.17) is 4.74 Å². The first-order valence-corrected chi connectivity index (χ1v) is 8.26. The zero-order valence-corrected chi connectivity index (χ0v) is 13.9. The number of alkyl halides is 6. The van der Waals surface area contributed by atoms with E-state index in [1.807, 2.05) is 0 Å². The molecule has 1 heterocycles. The Labute approximate surface area is 146 Å². The molecule has 0 aliphatic heterocycles. The second-order valence-electron chi connectivity index (χ2n) is 6.59. The molecule has 2 nitrogen and oxygen atoms in total. The number of ether oxygens (including phenoxy) is 1. The van der Waals surface area contributed by atoms with Crippen LogP contribution in [0.3, 0.4) is 0 Å². The minimum atomic E-state index is -4.66. The van der Waals surface area contributed by atoms with Gasteiger partial charge in [0, 0.05) is 11.1 Å². The predicted molar refractivity (Wildman–Crippen MR) is 83.9 cm³/mol. The standard InChI is InChI=1S/C18H17F6NO/c1-10-2-7-13-14(25-10)8-9-15(16(13)18(22,23)24)26-12-5-3-11(4-6-12)17(19,20)21/h2,7-9,11-12H,3-6H2,1H3/t11-,12+. The van der Waals surface area contributed by atoms with Gasteiger partial charge in [0.05, 0.1) is 17.5 Å². The van der Waals surface area contributed by atoms with Gasteiger partial charge in [0.25, 0.3) is 0 Å². The van der Waals surface area contributed by atoms with Crippen molar-refractivity contribution in [2.24, 2.45) is 5.92 Å². The molecule has 1 aliphatic rings. The lowest BCUT2D eigenvalue weighted by molar-refractivity contribution is -0.185. The first-order valence-electron chi connectivity index (χ1n) is 8.26. The molecule has 2 aromatic rings. The molecule has 0 spiro atoms. The summed E-state index contributed by atoms with van der Waals surface area (Å²) in [5.74, 6) is -1.76. The summed E-state index contributed by atoms with van der Waals surface area (Å²) in [7, 11) is 0. The lowest BCUT2D eigenvalue weighted by Gasteiger charge is -2.31. The molecule has 1 aromatic heterocycles. The van der Waals surface area contributed by atoms with Gasteiger partial charge < -0.3 is 4.74 Å². The highest BCUT2D eigenvalue weighted by Crippen LogP contribution is 2.43. The summed E-state index contributed by atoms with van der Waals surface area (Å²) in [5, 5.41) is -0.0791. The number of hydrogen-bond acceptors (Lipinski definition) is 2. The number of fused-ring (bicyclic) bond motifs is 1. The Morgan fingerprint density at radius 3 is 2.15 bits per heavy atom. The van der Waals surface area contributed by atoms with E-state index < -0.39 is 29.9 Å². The van der Waals surface area contributed by atoms with Gasteiger partial charge in [0.15, 0.2) is 0 Å². The van der Waals surface area contributed by atoms with E-state index in [0.717, 1.165) is 0 Å². The number of rotatable bonds is 2. The normalized spacial score (nSPS) is 21.8. The van der Waals surface area contributed by atoms with Crippen LogP contribution in [0.25, 0.3) is 10.9 Å². The average Bonchev–Trinajstić information content (AvgIpc) is 2.53. The number of hydrogen-bond donors (Lipinski definition) is 0. The number of benzene rings is 1. The van der Waals surface area contributed by atoms with Crippen molar-refractivity contribution in [2.75, 3.05) is 0 Å². The van der Waals surface area contributed by atoms with E-state index >= 15 is 0 Å². The van der Waals surface area contributed by atoms with Gasteiger partial charge in [0.1, 0.15) is 11.3 Å². The summed E-state index contributed by atoms with van der Waals surface area (Å²) in [6, 6.07) is 5.46. The fourth-order valence-corrected chi connectivity index (χ4v) is 3.36. The molecule has 0 radical (unpaired) electrons. The van der Waals surface area contributed by atoms with Crippen LogP contribution in [0.1, 0.15) is 36.9 Å². The van der Waals surface area contributed by atoms with Gasteiger partial charge in [-0.15, -0.1) is 0 Å². The third kappa shape index (κ3) is 3.88. The highest BCUT2D eigenvalue weighted by molar-refractivity contribution is 5.85. The Balaban J connectivity index is 1.88. The van der Waals surface area contributed by atoms with Crippen molar-refractivity contribution in [1.29, 1.82) is 0 Å². The Kier molecular flexibility index (Phi) is 4.79. The molecular weight excluding hydrogens is 360 g/mol. The van der Waals surface area contributed by atoms with Crippen LogP contribution in [0.5, 0.6) is 5.75 Å². The van der Waals surface area contributed by atoms with Crippen molar-refractivity contribution in [2.45, 2.75) is 51.1 Å². The maximum absolute atomic E-state index is 13.6. The third-order valence-corrected chi connectivity index (χ3v) is 4.69. The van der Waals surface area contributed by atoms with Crippen molar-refractivity contribution in [3.63, 3.8) is 0 Å². The molecule has 1 fully saturated rings. The molecule has 0 amide bonds.